The number of carbonyl (C=O) groups is 2. The summed E-state index contributed by atoms with van der Waals surface area (Å²) in [5.74, 6) is -1.58. The summed E-state index contributed by atoms with van der Waals surface area (Å²) >= 11 is 0. The maximum atomic E-state index is 13.8. The number of aliphatic hydroxyl groups excluding tert-OH is 5. The highest BCUT2D eigenvalue weighted by molar-refractivity contribution is 5.87. The van der Waals surface area contributed by atoms with Crippen LogP contribution in [0.1, 0.15) is 107 Å². The molecule has 15 unspecified atom stereocenters. The van der Waals surface area contributed by atoms with Gasteiger partial charge in [-0.15, -0.1) is 0 Å². The number of ketones is 1. The highest BCUT2D eigenvalue weighted by Crippen LogP contribution is 2.75. The Morgan fingerprint density at radius 1 is 0.940 bits per heavy atom. The lowest BCUT2D eigenvalue weighted by molar-refractivity contribution is -0.324. The van der Waals surface area contributed by atoms with Crippen LogP contribution in [0.5, 0.6) is 0 Å². The van der Waals surface area contributed by atoms with Crippen molar-refractivity contribution in [2.45, 2.75) is 167 Å². The number of hydrogen-bond acceptors (Lipinski definition) is 12. The largest absolute Gasteiger partial charge is 0.462 e. The van der Waals surface area contributed by atoms with Crippen LogP contribution >= 0.6 is 0 Å². The molecule has 3 saturated carbocycles. The van der Waals surface area contributed by atoms with Crippen LogP contribution in [-0.4, -0.2) is 114 Å². The van der Waals surface area contributed by atoms with E-state index in [1.54, 1.807) is 13.8 Å². The van der Waals surface area contributed by atoms with Crippen LogP contribution in [0.25, 0.3) is 0 Å². The van der Waals surface area contributed by atoms with Crippen molar-refractivity contribution >= 4 is 11.8 Å². The topological polar surface area (TPSA) is 203 Å². The van der Waals surface area contributed by atoms with E-state index in [1.165, 1.54) is 13.8 Å². The lowest BCUT2D eigenvalue weighted by Gasteiger charge is -2.66. The fourth-order valence-electron chi connectivity index (χ4n) is 11.4. The summed E-state index contributed by atoms with van der Waals surface area (Å²) in [5.41, 5.74) is -3.94. The number of esters is 1. The van der Waals surface area contributed by atoms with Gasteiger partial charge in [0.15, 0.2) is 12.1 Å². The zero-order valence-electron chi connectivity index (χ0n) is 31.3. The van der Waals surface area contributed by atoms with Crippen molar-refractivity contribution in [2.75, 3.05) is 6.61 Å². The van der Waals surface area contributed by atoms with E-state index in [9.17, 15) is 45.3 Å². The minimum atomic E-state index is -1.82. The fraction of sp³-hybridized carbons (Fsp3) is 0.895. The van der Waals surface area contributed by atoms with Gasteiger partial charge in [-0.1, -0.05) is 46.3 Å². The van der Waals surface area contributed by atoms with E-state index in [4.69, 9.17) is 14.2 Å². The van der Waals surface area contributed by atoms with Gasteiger partial charge >= 0.3 is 5.97 Å². The zero-order valence-corrected chi connectivity index (χ0v) is 31.3. The molecule has 0 amide bonds. The number of rotatable bonds is 9. The van der Waals surface area contributed by atoms with Crippen LogP contribution in [0, 0.1) is 39.4 Å². The molecule has 4 aliphatic carbocycles. The van der Waals surface area contributed by atoms with E-state index in [0.29, 0.717) is 25.7 Å². The van der Waals surface area contributed by atoms with Crippen molar-refractivity contribution < 1.29 is 59.5 Å². The fourth-order valence-corrected chi connectivity index (χ4v) is 11.4. The molecule has 7 N–H and O–H groups in total. The number of allylic oxidation sites excluding steroid dienone is 1. The second-order valence-corrected chi connectivity index (χ2v) is 18.3. The van der Waals surface area contributed by atoms with Gasteiger partial charge < -0.3 is 50.0 Å². The van der Waals surface area contributed by atoms with E-state index >= 15 is 0 Å². The van der Waals surface area contributed by atoms with Gasteiger partial charge in [0.05, 0.1) is 24.4 Å². The molecule has 0 spiro atoms. The SMILES string of the molecule is CC(=O)OC1CC2(C)C3CC=C4C(CC(OC5OC(CO)C(O)C(O)C5O)C(O)C4(C)C)C3(C)CCC2(C)C1C(C)(O)C(=O)CCC(C)(C)O. The van der Waals surface area contributed by atoms with Crippen LogP contribution in [0.2, 0.25) is 0 Å². The number of ether oxygens (including phenoxy) is 3. The smallest absolute Gasteiger partial charge is 0.302 e. The number of aliphatic hydroxyl groups is 7. The van der Waals surface area contributed by atoms with Gasteiger partial charge in [-0.05, 0) is 87.4 Å². The average Bonchev–Trinajstić information content (AvgIpc) is 3.24. The predicted octanol–water partition coefficient (Wildman–Crippen LogP) is 2.16. The molecule has 5 rings (SSSR count). The molecule has 286 valence electrons. The second kappa shape index (κ2) is 13.1. The van der Waals surface area contributed by atoms with Crippen LogP contribution < -0.4 is 0 Å². The molecule has 15 atom stereocenters. The van der Waals surface area contributed by atoms with E-state index in [-0.39, 0.29) is 35.9 Å². The van der Waals surface area contributed by atoms with Gasteiger partial charge in [0.25, 0.3) is 0 Å². The van der Waals surface area contributed by atoms with Crippen LogP contribution in [0.3, 0.4) is 0 Å². The lowest BCUT2D eigenvalue weighted by Crippen LogP contribution is -2.64. The first-order chi connectivity index (χ1) is 22.9. The monoisotopic (exact) mass is 710 g/mol. The Bertz CT molecular complexity index is 1340. The molecule has 0 aromatic carbocycles. The Balaban J connectivity index is 1.49. The Labute approximate surface area is 296 Å². The lowest BCUT2D eigenvalue weighted by atomic mass is 9.38. The summed E-state index contributed by atoms with van der Waals surface area (Å²) in [6, 6.07) is 0. The molecule has 4 fully saturated rings. The highest BCUT2D eigenvalue weighted by Gasteiger charge is 2.73. The first kappa shape index (κ1) is 39.7. The molecule has 12 heteroatoms. The second-order valence-electron chi connectivity index (χ2n) is 18.3. The molecule has 12 nitrogen and oxygen atoms in total. The van der Waals surface area contributed by atoms with Gasteiger partial charge in [0, 0.05) is 24.7 Å². The van der Waals surface area contributed by atoms with E-state index in [1.807, 2.05) is 13.8 Å². The van der Waals surface area contributed by atoms with E-state index in [2.05, 4.69) is 26.8 Å². The third-order valence-corrected chi connectivity index (χ3v) is 14.4. The quantitative estimate of drug-likeness (QED) is 0.136. The summed E-state index contributed by atoms with van der Waals surface area (Å²) in [5, 5.41) is 75.4. The average molecular weight is 711 g/mol. The molecule has 1 aliphatic heterocycles. The molecule has 0 aromatic heterocycles. The molecule has 1 heterocycles. The Morgan fingerprint density at radius 3 is 2.16 bits per heavy atom. The first-order valence-electron chi connectivity index (χ1n) is 18.4. The molecule has 0 radical (unpaired) electrons. The molecule has 1 saturated heterocycles. The van der Waals surface area contributed by atoms with E-state index < -0.39 is 95.0 Å². The van der Waals surface area contributed by atoms with Crippen molar-refractivity contribution in [2.24, 2.45) is 39.4 Å². The normalized spacial score (nSPS) is 46.9. The van der Waals surface area contributed by atoms with Gasteiger partial charge in [-0.3, -0.25) is 9.59 Å². The van der Waals surface area contributed by atoms with Crippen molar-refractivity contribution in [3.8, 4) is 0 Å². The van der Waals surface area contributed by atoms with Crippen molar-refractivity contribution in [3.63, 3.8) is 0 Å². The van der Waals surface area contributed by atoms with E-state index in [0.717, 1.165) is 12.0 Å². The van der Waals surface area contributed by atoms with Crippen LogP contribution in [-0.2, 0) is 23.8 Å². The molecule has 0 aromatic rings. The summed E-state index contributed by atoms with van der Waals surface area (Å²) in [6.07, 6.45) is -4.50. The van der Waals surface area contributed by atoms with Crippen LogP contribution in [0.4, 0.5) is 0 Å². The van der Waals surface area contributed by atoms with Crippen LogP contribution in [0.15, 0.2) is 11.6 Å². The summed E-state index contributed by atoms with van der Waals surface area (Å²) < 4.78 is 17.9. The summed E-state index contributed by atoms with van der Waals surface area (Å²) in [7, 11) is 0. The van der Waals surface area contributed by atoms with Gasteiger partial charge in [-0.25, -0.2) is 0 Å². The number of Topliss-reactive ketones (excluding diaryl/α,β-unsaturated/α-hetero) is 1. The molecule has 5 aliphatic rings. The third kappa shape index (κ3) is 6.22. The standard InChI is InChI=1S/C38H62O12/c1-19(40)48-23-17-37(8)25-11-10-20-21(16-22(31(45)34(20,4)5)49-32-29(44)28(43)27(42)24(18-39)50-32)35(25,6)14-15-36(37,7)30(23)38(9,47)26(41)12-13-33(2,3)46/h10,21-25,27-32,39,42-47H,11-18H2,1-9H3. The van der Waals surface area contributed by atoms with Gasteiger partial charge in [0.1, 0.15) is 36.1 Å². The Kier molecular flexibility index (Phi) is 10.4. The maximum absolute atomic E-state index is 13.8. The molecular weight excluding hydrogens is 648 g/mol. The van der Waals surface area contributed by atoms with Gasteiger partial charge in [0.2, 0.25) is 0 Å². The number of fused-ring (bicyclic) bond motifs is 5. The predicted molar refractivity (Wildman–Crippen MR) is 181 cm³/mol. The summed E-state index contributed by atoms with van der Waals surface area (Å²) in [6.45, 7) is 16.1. The first-order valence-corrected chi connectivity index (χ1v) is 18.4. The summed E-state index contributed by atoms with van der Waals surface area (Å²) in [4.78, 5) is 26.3. The minimum absolute atomic E-state index is 0.0187. The Morgan fingerprint density at radius 2 is 1.58 bits per heavy atom. The van der Waals surface area contributed by atoms with Crippen molar-refractivity contribution in [1.82, 2.24) is 0 Å². The number of carbonyl (C=O) groups excluding carboxylic acids is 2. The van der Waals surface area contributed by atoms with Crippen molar-refractivity contribution in [1.29, 1.82) is 0 Å². The molecule has 0 bridgehead atoms. The number of hydrogen-bond donors (Lipinski definition) is 7. The maximum Gasteiger partial charge on any atom is 0.302 e. The van der Waals surface area contributed by atoms with Gasteiger partial charge in [-0.2, -0.15) is 0 Å². The Hall–Kier alpha value is -1.48. The highest BCUT2D eigenvalue weighted by atomic mass is 16.7. The zero-order chi connectivity index (χ0) is 37.6. The third-order valence-electron chi connectivity index (χ3n) is 14.4. The minimum Gasteiger partial charge on any atom is -0.462 e. The van der Waals surface area contributed by atoms with Crippen molar-refractivity contribution in [3.05, 3.63) is 11.6 Å². The molecule has 50 heavy (non-hydrogen) atoms. The molecular formula is C38H62O12.